The van der Waals surface area contributed by atoms with Crippen LogP contribution in [0.15, 0.2) is 182 Å². The molecular formula is C53H34N5OPt-3. The molecule has 7 heteroatoms. The topological polar surface area (TPSA) is 38.5 Å². The van der Waals surface area contributed by atoms with Gasteiger partial charge in [0.15, 0.2) is 0 Å². The molecule has 0 atom stereocenters. The van der Waals surface area contributed by atoms with E-state index >= 15 is 0 Å². The molecule has 0 radical (unpaired) electrons. The van der Waals surface area contributed by atoms with Crippen molar-refractivity contribution in [1.29, 1.82) is 0 Å². The molecule has 4 heterocycles. The largest absolute Gasteiger partial charge is 0.509 e. The van der Waals surface area contributed by atoms with Gasteiger partial charge in [-0.25, -0.2) is 4.98 Å². The molecule has 0 saturated carbocycles. The van der Waals surface area contributed by atoms with Gasteiger partial charge in [0.2, 0.25) is 0 Å². The second-order valence-electron chi connectivity index (χ2n) is 15.1. The maximum atomic E-state index is 6.60. The Morgan fingerprint density at radius 2 is 1.22 bits per heavy atom. The average molecular weight is 952 g/mol. The predicted molar refractivity (Wildman–Crippen MR) is 241 cm³/mol. The molecule has 3 aromatic heterocycles. The normalized spacial score (nSPS) is 12.5. The van der Waals surface area contributed by atoms with Crippen molar-refractivity contribution in [1.82, 2.24) is 14.1 Å². The Labute approximate surface area is 361 Å². The second-order valence-corrected chi connectivity index (χ2v) is 15.1. The van der Waals surface area contributed by atoms with E-state index in [0.29, 0.717) is 11.5 Å². The second kappa shape index (κ2) is 14.3. The van der Waals surface area contributed by atoms with Crippen LogP contribution in [0.1, 0.15) is 0 Å². The number of hydrogen-bond donors (Lipinski definition) is 0. The Kier molecular flexibility index (Phi) is 8.57. The van der Waals surface area contributed by atoms with E-state index in [1.165, 1.54) is 16.2 Å². The summed E-state index contributed by atoms with van der Waals surface area (Å²) in [5.74, 6) is 1.99. The van der Waals surface area contributed by atoms with Gasteiger partial charge in [-0.2, -0.15) is 18.8 Å². The first-order valence-corrected chi connectivity index (χ1v) is 19.8. The molecule has 8 aromatic carbocycles. The Balaban J connectivity index is 0.00000408. The standard InChI is InChI=1S/C53H34N5O.Pt/c1-55-34-56(49-22-11-10-21-48(49)55)40-19-12-20-41(30-40)59-42-24-25-43-44-28-38(35-13-4-2-5-14-35)23-26-47(44)58(51(43)31-42)53-32-52-46(33-54-53)45-27-36-15-8-9-16-37(36)29-50(45)57(52)39-17-6-3-7-18-39;/h2-29,32-34H,1H3;/q-3;. The molecule has 12 rings (SSSR count). The van der Waals surface area contributed by atoms with E-state index < -0.39 is 0 Å². The minimum Gasteiger partial charge on any atom is -0.509 e. The summed E-state index contributed by atoms with van der Waals surface area (Å²) >= 11 is 0. The summed E-state index contributed by atoms with van der Waals surface area (Å²) in [5, 5.41) is 6.84. The third-order valence-corrected chi connectivity index (χ3v) is 11.5. The SMILES string of the molecule is CN1[CH-]N(c2[c-]c(Oc3[c-]c4c(cc3)c3cc(-c5ccccc5)ccc3n4-c3cc4c(cn3)c3cc5ccccc5cc3n4-c3ccccc3)ccc2)c2ccccc21.[Pt]. The van der Waals surface area contributed by atoms with E-state index in [1.54, 1.807) is 0 Å². The summed E-state index contributed by atoms with van der Waals surface area (Å²) in [5.41, 5.74) is 10.7. The monoisotopic (exact) mass is 951 g/mol. The van der Waals surface area contributed by atoms with Crippen LogP contribution < -0.4 is 14.5 Å². The Hall–Kier alpha value is -7.14. The summed E-state index contributed by atoms with van der Waals surface area (Å²) in [6.45, 7) is 2.07. The van der Waals surface area contributed by atoms with Gasteiger partial charge in [-0.1, -0.05) is 103 Å². The van der Waals surface area contributed by atoms with Gasteiger partial charge < -0.3 is 23.7 Å². The minimum absolute atomic E-state index is 0. The zero-order valence-corrected chi connectivity index (χ0v) is 34.6. The summed E-state index contributed by atoms with van der Waals surface area (Å²) in [6, 6.07) is 68.8. The molecule has 0 unspecified atom stereocenters. The van der Waals surface area contributed by atoms with Gasteiger partial charge in [-0.15, -0.1) is 41.4 Å². The third-order valence-electron chi connectivity index (χ3n) is 11.5. The van der Waals surface area contributed by atoms with Gasteiger partial charge >= 0.3 is 0 Å². The van der Waals surface area contributed by atoms with Crippen molar-refractivity contribution >= 4 is 71.4 Å². The van der Waals surface area contributed by atoms with Crippen LogP contribution in [0.2, 0.25) is 0 Å². The molecule has 0 spiro atoms. The minimum atomic E-state index is 0. The maximum absolute atomic E-state index is 6.60. The van der Waals surface area contributed by atoms with E-state index in [-0.39, 0.29) is 21.1 Å². The number of pyridine rings is 1. The fourth-order valence-electron chi connectivity index (χ4n) is 8.81. The van der Waals surface area contributed by atoms with Gasteiger partial charge in [-0.3, -0.25) is 0 Å². The van der Waals surface area contributed by atoms with E-state index in [9.17, 15) is 0 Å². The van der Waals surface area contributed by atoms with Crippen molar-refractivity contribution in [3.05, 3.63) is 201 Å². The van der Waals surface area contributed by atoms with Crippen molar-refractivity contribution in [3.63, 3.8) is 0 Å². The molecule has 0 bridgehead atoms. The van der Waals surface area contributed by atoms with Crippen LogP contribution in [0.3, 0.4) is 0 Å². The van der Waals surface area contributed by atoms with Gasteiger partial charge in [0, 0.05) is 78.2 Å². The number of benzene rings is 8. The number of fused-ring (bicyclic) bond motifs is 8. The molecular weight excluding hydrogens is 918 g/mol. The molecule has 11 aromatic rings. The van der Waals surface area contributed by atoms with E-state index in [0.717, 1.165) is 77.9 Å². The molecule has 0 N–H and O–H groups in total. The Bertz CT molecular complexity index is 3430. The van der Waals surface area contributed by atoms with Crippen LogP contribution in [-0.4, -0.2) is 21.2 Å². The summed E-state index contributed by atoms with van der Waals surface area (Å²) in [6.07, 6.45) is 2.03. The van der Waals surface area contributed by atoms with Gasteiger partial charge in [0.05, 0.1) is 11.0 Å². The third kappa shape index (κ3) is 5.78. The molecule has 1 aliphatic heterocycles. The molecule has 6 nitrogen and oxygen atoms in total. The molecule has 60 heavy (non-hydrogen) atoms. The quantitative estimate of drug-likeness (QED) is 0.156. The van der Waals surface area contributed by atoms with Crippen LogP contribution >= 0.6 is 0 Å². The molecule has 0 aliphatic carbocycles. The molecule has 0 saturated heterocycles. The van der Waals surface area contributed by atoms with Crippen molar-refractivity contribution in [2.75, 3.05) is 16.8 Å². The van der Waals surface area contributed by atoms with Gasteiger partial charge in [0.1, 0.15) is 5.82 Å². The molecule has 0 amide bonds. The number of hydrogen-bond acceptors (Lipinski definition) is 4. The van der Waals surface area contributed by atoms with Crippen molar-refractivity contribution < 1.29 is 25.8 Å². The van der Waals surface area contributed by atoms with Crippen LogP contribution in [0.5, 0.6) is 11.5 Å². The summed E-state index contributed by atoms with van der Waals surface area (Å²) in [4.78, 5) is 9.48. The predicted octanol–water partition coefficient (Wildman–Crippen LogP) is 13.2. The van der Waals surface area contributed by atoms with Crippen LogP contribution in [-0.2, 0) is 21.1 Å². The first kappa shape index (κ1) is 36.0. The first-order chi connectivity index (χ1) is 29.1. The summed E-state index contributed by atoms with van der Waals surface area (Å²) in [7, 11) is 2.06. The number of aromatic nitrogens is 3. The number of rotatable bonds is 6. The van der Waals surface area contributed by atoms with Crippen molar-refractivity contribution in [2.24, 2.45) is 0 Å². The zero-order chi connectivity index (χ0) is 39.0. The van der Waals surface area contributed by atoms with Crippen LogP contribution in [0.4, 0.5) is 17.1 Å². The van der Waals surface area contributed by atoms with E-state index in [1.807, 2.05) is 30.5 Å². The first-order valence-electron chi connectivity index (χ1n) is 19.8. The fourth-order valence-corrected chi connectivity index (χ4v) is 8.81. The average Bonchev–Trinajstić information content (AvgIpc) is 3.92. The zero-order valence-electron chi connectivity index (χ0n) is 32.4. The van der Waals surface area contributed by atoms with E-state index in [2.05, 4.69) is 196 Å². The molecule has 0 fully saturated rings. The fraction of sp³-hybridized carbons (Fsp3) is 0.0189. The van der Waals surface area contributed by atoms with Crippen LogP contribution in [0.25, 0.3) is 77.0 Å². The Morgan fingerprint density at radius 1 is 0.517 bits per heavy atom. The number of para-hydroxylation sites is 3. The number of nitrogens with zero attached hydrogens (tertiary/aromatic N) is 5. The van der Waals surface area contributed by atoms with Crippen LogP contribution in [0, 0.1) is 18.8 Å². The summed E-state index contributed by atoms with van der Waals surface area (Å²) < 4.78 is 11.2. The smallest absolute Gasteiger partial charge is 0.137 e. The molecule has 1 aliphatic rings. The van der Waals surface area contributed by atoms with Crippen molar-refractivity contribution in [2.45, 2.75) is 0 Å². The molecule has 290 valence electrons. The number of ether oxygens (including phenoxy) is 1. The van der Waals surface area contributed by atoms with Gasteiger partial charge in [-0.05, 0) is 76.8 Å². The van der Waals surface area contributed by atoms with Gasteiger partial charge in [0.25, 0.3) is 0 Å². The van der Waals surface area contributed by atoms with Crippen molar-refractivity contribution in [3.8, 4) is 34.1 Å². The Morgan fingerprint density at radius 3 is 2.05 bits per heavy atom. The van der Waals surface area contributed by atoms with E-state index in [4.69, 9.17) is 9.72 Å². The maximum Gasteiger partial charge on any atom is 0.137 e. The number of anilines is 3.